The molecule has 0 aliphatic heterocycles. The summed E-state index contributed by atoms with van der Waals surface area (Å²) in [5.74, 6) is 0.759. The van der Waals surface area contributed by atoms with Crippen molar-refractivity contribution < 1.29 is 9.53 Å². The number of nitrogens with two attached hydrogens (primary N) is 1. The lowest BCUT2D eigenvalue weighted by molar-refractivity contribution is -0.125. The van der Waals surface area contributed by atoms with Crippen LogP contribution in [0, 0.1) is 5.92 Å². The Morgan fingerprint density at radius 1 is 1.43 bits per heavy atom. The van der Waals surface area contributed by atoms with Crippen LogP contribution in [0.4, 0.5) is 0 Å². The standard InChI is InChI=1S/C15H23ClN2O2.ClH/c1-11(2)8-15(3,10-17)18-14(19)9-20-13-7-5-4-6-12(13)16;/h4-7,11H,8-10,17H2,1-3H3,(H,18,19);1H. The molecule has 0 aliphatic rings. The Morgan fingerprint density at radius 3 is 2.57 bits per heavy atom. The molecule has 0 saturated heterocycles. The number of para-hydroxylation sites is 1. The van der Waals surface area contributed by atoms with Gasteiger partial charge >= 0.3 is 0 Å². The van der Waals surface area contributed by atoms with E-state index >= 15 is 0 Å². The fourth-order valence-corrected chi connectivity index (χ4v) is 2.35. The van der Waals surface area contributed by atoms with E-state index in [1.807, 2.05) is 19.1 Å². The van der Waals surface area contributed by atoms with Crippen molar-refractivity contribution in [2.75, 3.05) is 13.2 Å². The van der Waals surface area contributed by atoms with Crippen molar-refractivity contribution in [3.05, 3.63) is 29.3 Å². The monoisotopic (exact) mass is 334 g/mol. The van der Waals surface area contributed by atoms with Crippen molar-refractivity contribution in [2.24, 2.45) is 11.7 Å². The number of carbonyl (C=O) groups is 1. The second-order valence-electron chi connectivity index (χ2n) is 5.63. The molecule has 6 heteroatoms. The zero-order valence-corrected chi connectivity index (χ0v) is 14.3. The first-order chi connectivity index (χ1) is 9.36. The van der Waals surface area contributed by atoms with Crippen LogP contribution in [0.3, 0.4) is 0 Å². The normalized spacial score (nSPS) is 13.2. The van der Waals surface area contributed by atoms with Crippen LogP contribution in [0.1, 0.15) is 27.2 Å². The molecule has 1 unspecified atom stereocenters. The van der Waals surface area contributed by atoms with Crippen LogP contribution in [-0.2, 0) is 4.79 Å². The maximum absolute atomic E-state index is 11.9. The predicted octanol–water partition coefficient (Wildman–Crippen LogP) is 3.02. The molecule has 3 N–H and O–H groups in total. The van der Waals surface area contributed by atoms with E-state index in [-0.39, 0.29) is 24.9 Å². The van der Waals surface area contributed by atoms with Crippen LogP contribution in [0.5, 0.6) is 5.75 Å². The largest absolute Gasteiger partial charge is 0.482 e. The Labute approximate surface area is 137 Å². The first kappa shape index (κ1) is 20.0. The molecule has 1 amide bonds. The molecule has 1 aromatic rings. The number of nitrogens with one attached hydrogen (secondary N) is 1. The molecule has 0 spiro atoms. The number of ether oxygens (including phenoxy) is 1. The van der Waals surface area contributed by atoms with Gasteiger partial charge in [-0.05, 0) is 31.4 Å². The summed E-state index contributed by atoms with van der Waals surface area (Å²) >= 11 is 5.96. The zero-order chi connectivity index (χ0) is 15.2. The Bertz CT molecular complexity index is 455. The molecule has 0 bridgehead atoms. The second-order valence-corrected chi connectivity index (χ2v) is 6.04. The van der Waals surface area contributed by atoms with Gasteiger partial charge < -0.3 is 15.8 Å². The SMILES string of the molecule is CC(C)CC(C)(CN)NC(=O)COc1ccccc1Cl.Cl. The van der Waals surface area contributed by atoms with Gasteiger partial charge in [-0.25, -0.2) is 0 Å². The van der Waals surface area contributed by atoms with E-state index in [9.17, 15) is 4.79 Å². The minimum absolute atomic E-state index is 0. The second kappa shape index (κ2) is 9.13. The molecule has 0 aliphatic carbocycles. The molecule has 0 aromatic heterocycles. The fourth-order valence-electron chi connectivity index (χ4n) is 2.16. The average molecular weight is 335 g/mol. The molecular formula is C15H24Cl2N2O2. The third-order valence-electron chi connectivity index (χ3n) is 2.95. The molecule has 1 aromatic carbocycles. The van der Waals surface area contributed by atoms with E-state index in [4.69, 9.17) is 22.1 Å². The quantitative estimate of drug-likeness (QED) is 0.805. The van der Waals surface area contributed by atoms with Gasteiger partial charge in [-0.1, -0.05) is 37.6 Å². The van der Waals surface area contributed by atoms with Gasteiger partial charge in [0.25, 0.3) is 5.91 Å². The first-order valence-corrected chi connectivity index (χ1v) is 7.12. The van der Waals surface area contributed by atoms with Gasteiger partial charge in [-0.3, -0.25) is 4.79 Å². The van der Waals surface area contributed by atoms with Crippen molar-refractivity contribution in [1.82, 2.24) is 5.32 Å². The highest BCUT2D eigenvalue weighted by atomic mass is 35.5. The summed E-state index contributed by atoms with van der Waals surface area (Å²) in [7, 11) is 0. The minimum Gasteiger partial charge on any atom is -0.482 e. The maximum Gasteiger partial charge on any atom is 0.258 e. The van der Waals surface area contributed by atoms with Crippen LogP contribution >= 0.6 is 24.0 Å². The van der Waals surface area contributed by atoms with Gasteiger partial charge in [0.2, 0.25) is 0 Å². The molecule has 21 heavy (non-hydrogen) atoms. The van der Waals surface area contributed by atoms with Gasteiger partial charge in [-0.2, -0.15) is 0 Å². The summed E-state index contributed by atoms with van der Waals surface area (Å²) in [4.78, 5) is 11.9. The highest BCUT2D eigenvalue weighted by Crippen LogP contribution is 2.23. The van der Waals surface area contributed by atoms with Gasteiger partial charge in [0, 0.05) is 12.1 Å². The van der Waals surface area contributed by atoms with E-state index in [2.05, 4.69) is 19.2 Å². The van der Waals surface area contributed by atoms with Crippen molar-refractivity contribution >= 4 is 29.9 Å². The lowest BCUT2D eigenvalue weighted by atomic mass is 9.91. The Balaban J connectivity index is 0.00000400. The topological polar surface area (TPSA) is 64.3 Å². The summed E-state index contributed by atoms with van der Waals surface area (Å²) < 4.78 is 5.41. The van der Waals surface area contributed by atoms with Crippen LogP contribution in [0.15, 0.2) is 24.3 Å². The van der Waals surface area contributed by atoms with E-state index < -0.39 is 5.54 Å². The van der Waals surface area contributed by atoms with Crippen molar-refractivity contribution in [3.63, 3.8) is 0 Å². The van der Waals surface area contributed by atoms with E-state index in [1.54, 1.807) is 12.1 Å². The molecule has 4 nitrogen and oxygen atoms in total. The van der Waals surface area contributed by atoms with Crippen molar-refractivity contribution in [1.29, 1.82) is 0 Å². The number of amides is 1. The maximum atomic E-state index is 11.9. The molecule has 120 valence electrons. The summed E-state index contributed by atoms with van der Waals surface area (Å²) in [6.45, 7) is 6.46. The number of hydrogen-bond donors (Lipinski definition) is 2. The molecule has 0 heterocycles. The summed E-state index contributed by atoms with van der Waals surface area (Å²) in [6, 6.07) is 7.06. The minimum atomic E-state index is -0.408. The first-order valence-electron chi connectivity index (χ1n) is 6.75. The van der Waals surface area contributed by atoms with Gasteiger partial charge in [-0.15, -0.1) is 12.4 Å². The smallest absolute Gasteiger partial charge is 0.258 e. The van der Waals surface area contributed by atoms with Gasteiger partial charge in [0.05, 0.1) is 5.02 Å². The Kier molecular flexibility index (Phi) is 8.71. The Hall–Kier alpha value is -0.970. The summed E-state index contributed by atoms with van der Waals surface area (Å²) in [5.41, 5.74) is 5.35. The van der Waals surface area contributed by atoms with Gasteiger partial charge in [0.15, 0.2) is 6.61 Å². The number of halogens is 2. The van der Waals surface area contributed by atoms with Crippen LogP contribution in [0.25, 0.3) is 0 Å². The lowest BCUT2D eigenvalue weighted by Gasteiger charge is -2.31. The molecule has 0 radical (unpaired) electrons. The van der Waals surface area contributed by atoms with Crippen molar-refractivity contribution in [2.45, 2.75) is 32.7 Å². The molecule has 0 fully saturated rings. The fraction of sp³-hybridized carbons (Fsp3) is 0.533. The van der Waals surface area contributed by atoms with Crippen LogP contribution < -0.4 is 15.8 Å². The highest BCUT2D eigenvalue weighted by Gasteiger charge is 2.25. The third-order valence-corrected chi connectivity index (χ3v) is 3.26. The van der Waals surface area contributed by atoms with E-state index in [1.165, 1.54) is 0 Å². The Morgan fingerprint density at radius 2 is 2.05 bits per heavy atom. The average Bonchev–Trinajstić information content (AvgIpc) is 2.36. The van der Waals surface area contributed by atoms with Gasteiger partial charge in [0.1, 0.15) is 5.75 Å². The zero-order valence-electron chi connectivity index (χ0n) is 12.7. The number of benzene rings is 1. The number of hydrogen-bond acceptors (Lipinski definition) is 3. The van der Waals surface area contributed by atoms with E-state index in [0.29, 0.717) is 23.2 Å². The van der Waals surface area contributed by atoms with Crippen LogP contribution in [0.2, 0.25) is 5.02 Å². The molecule has 0 saturated carbocycles. The van der Waals surface area contributed by atoms with Crippen LogP contribution in [-0.4, -0.2) is 24.6 Å². The lowest BCUT2D eigenvalue weighted by Crippen LogP contribution is -2.53. The van der Waals surface area contributed by atoms with E-state index in [0.717, 1.165) is 6.42 Å². The highest BCUT2D eigenvalue weighted by molar-refractivity contribution is 6.32. The molecular weight excluding hydrogens is 311 g/mol. The van der Waals surface area contributed by atoms with Crippen molar-refractivity contribution in [3.8, 4) is 5.75 Å². The predicted molar refractivity (Wildman–Crippen MR) is 89.3 cm³/mol. The number of carbonyl (C=O) groups excluding carboxylic acids is 1. The molecule has 1 atom stereocenters. The third kappa shape index (κ3) is 7.02. The number of rotatable bonds is 7. The molecule has 1 rings (SSSR count). The summed E-state index contributed by atoms with van der Waals surface area (Å²) in [5, 5.41) is 3.42. The summed E-state index contributed by atoms with van der Waals surface area (Å²) in [6.07, 6.45) is 0.821.